The van der Waals surface area contributed by atoms with Gasteiger partial charge < -0.3 is 10.6 Å². The van der Waals surface area contributed by atoms with Gasteiger partial charge in [0.15, 0.2) is 0 Å². The predicted molar refractivity (Wildman–Crippen MR) is 82.0 cm³/mol. The highest BCUT2D eigenvalue weighted by molar-refractivity contribution is 6.02. The van der Waals surface area contributed by atoms with Crippen molar-refractivity contribution in [2.75, 3.05) is 10.6 Å². The molecule has 0 unspecified atom stereocenters. The second kappa shape index (κ2) is 6.96. The van der Waals surface area contributed by atoms with Gasteiger partial charge in [0.25, 0.3) is 23.5 Å². The minimum Gasteiger partial charge on any atom is -0.318 e. The van der Waals surface area contributed by atoms with E-state index in [0.29, 0.717) is 11.4 Å². The minimum atomic E-state index is -0.609. The molecule has 0 fully saturated rings. The molecule has 24 heavy (non-hydrogen) atoms. The van der Waals surface area contributed by atoms with Crippen LogP contribution in [0.3, 0.4) is 0 Å². The van der Waals surface area contributed by atoms with Crippen LogP contribution in [0.2, 0.25) is 0 Å². The summed E-state index contributed by atoms with van der Waals surface area (Å²) in [6.07, 6.45) is 6.08. The lowest BCUT2D eigenvalue weighted by Gasteiger charge is -2.03. The maximum atomic E-state index is 11.9. The molecule has 0 saturated carbocycles. The fourth-order valence-electron chi connectivity index (χ4n) is 1.66. The SMILES string of the molecule is O=C(Nc1cccnc1)c1nnc(C(=O)Nc2cccnc2)nn1. The van der Waals surface area contributed by atoms with Crippen LogP contribution in [-0.2, 0) is 0 Å². The molecule has 0 aromatic carbocycles. The van der Waals surface area contributed by atoms with E-state index in [-0.39, 0.29) is 11.6 Å². The number of hydrogen-bond donors (Lipinski definition) is 2. The van der Waals surface area contributed by atoms with Gasteiger partial charge in [0.2, 0.25) is 0 Å². The molecular weight excluding hydrogens is 312 g/mol. The van der Waals surface area contributed by atoms with Gasteiger partial charge in [-0.1, -0.05) is 0 Å². The zero-order chi connectivity index (χ0) is 16.8. The summed E-state index contributed by atoms with van der Waals surface area (Å²) in [7, 11) is 0. The number of aromatic nitrogens is 6. The van der Waals surface area contributed by atoms with E-state index >= 15 is 0 Å². The average Bonchev–Trinajstić information content (AvgIpc) is 2.63. The van der Waals surface area contributed by atoms with Crippen LogP contribution in [0.25, 0.3) is 0 Å². The highest BCUT2D eigenvalue weighted by Crippen LogP contribution is 2.05. The van der Waals surface area contributed by atoms with Crippen LogP contribution in [0, 0.1) is 0 Å². The normalized spacial score (nSPS) is 10.0. The molecule has 3 aromatic heterocycles. The Morgan fingerprint density at radius 1 is 0.708 bits per heavy atom. The number of amides is 2. The predicted octanol–water partition coefficient (Wildman–Crippen LogP) is 0.561. The lowest BCUT2D eigenvalue weighted by atomic mass is 10.4. The highest BCUT2D eigenvalue weighted by Gasteiger charge is 2.15. The van der Waals surface area contributed by atoms with E-state index in [9.17, 15) is 9.59 Å². The quantitative estimate of drug-likeness (QED) is 0.711. The number of carbonyl (C=O) groups is 2. The Labute approximate surface area is 135 Å². The van der Waals surface area contributed by atoms with Crippen molar-refractivity contribution in [3.63, 3.8) is 0 Å². The first kappa shape index (κ1) is 15.1. The van der Waals surface area contributed by atoms with Gasteiger partial charge in [0.05, 0.1) is 23.8 Å². The Morgan fingerprint density at radius 2 is 1.12 bits per heavy atom. The molecule has 0 spiro atoms. The first-order valence-corrected chi connectivity index (χ1v) is 6.72. The summed E-state index contributed by atoms with van der Waals surface area (Å²) in [4.78, 5) is 31.6. The highest BCUT2D eigenvalue weighted by atomic mass is 16.2. The molecule has 0 bridgehead atoms. The average molecular weight is 322 g/mol. The first-order valence-electron chi connectivity index (χ1n) is 6.72. The smallest absolute Gasteiger partial charge is 0.297 e. The van der Waals surface area contributed by atoms with Gasteiger partial charge >= 0.3 is 0 Å². The van der Waals surface area contributed by atoms with Gasteiger partial charge in [-0.15, -0.1) is 20.4 Å². The summed E-state index contributed by atoms with van der Waals surface area (Å²) in [6.45, 7) is 0. The molecule has 0 aliphatic heterocycles. The Morgan fingerprint density at radius 3 is 1.46 bits per heavy atom. The standard InChI is InChI=1S/C14H10N8O2/c23-13(17-9-3-1-5-15-7-9)11-19-21-12(22-20-11)14(24)18-10-4-2-6-16-8-10/h1-8H,(H,17,23)(H,18,24). The minimum absolute atomic E-state index is 0.267. The molecule has 2 N–H and O–H groups in total. The molecule has 10 heteroatoms. The van der Waals surface area contributed by atoms with Crippen molar-refractivity contribution < 1.29 is 9.59 Å². The van der Waals surface area contributed by atoms with E-state index in [1.54, 1.807) is 36.7 Å². The van der Waals surface area contributed by atoms with Gasteiger partial charge in [-0.2, -0.15) is 0 Å². The van der Waals surface area contributed by atoms with Crippen LogP contribution in [0.1, 0.15) is 21.2 Å². The summed E-state index contributed by atoms with van der Waals surface area (Å²) >= 11 is 0. The third-order valence-corrected chi connectivity index (χ3v) is 2.72. The fourth-order valence-corrected chi connectivity index (χ4v) is 1.66. The van der Waals surface area contributed by atoms with Gasteiger partial charge in [-0.25, -0.2) is 0 Å². The summed E-state index contributed by atoms with van der Waals surface area (Å²) in [5.41, 5.74) is 0.953. The van der Waals surface area contributed by atoms with E-state index in [0.717, 1.165) is 0 Å². The van der Waals surface area contributed by atoms with E-state index in [1.807, 2.05) is 0 Å². The van der Waals surface area contributed by atoms with Crippen molar-refractivity contribution in [2.24, 2.45) is 0 Å². The van der Waals surface area contributed by atoms with Crippen LogP contribution in [0.15, 0.2) is 49.1 Å². The Balaban J connectivity index is 1.66. The number of carbonyl (C=O) groups excluding carboxylic acids is 2. The van der Waals surface area contributed by atoms with Gasteiger partial charge in [-0.05, 0) is 24.3 Å². The molecule has 0 atom stereocenters. The molecular formula is C14H10N8O2. The summed E-state index contributed by atoms with van der Waals surface area (Å²) in [6, 6.07) is 6.64. The summed E-state index contributed by atoms with van der Waals surface area (Å²) in [5.74, 6) is -1.75. The molecule has 3 aromatic rings. The van der Waals surface area contributed by atoms with Crippen molar-refractivity contribution >= 4 is 23.2 Å². The molecule has 0 aliphatic rings. The van der Waals surface area contributed by atoms with Crippen LogP contribution in [-0.4, -0.2) is 42.2 Å². The van der Waals surface area contributed by atoms with Crippen molar-refractivity contribution in [1.82, 2.24) is 30.4 Å². The molecule has 0 saturated heterocycles. The first-order chi connectivity index (χ1) is 11.7. The maximum absolute atomic E-state index is 11.9. The van der Waals surface area contributed by atoms with Crippen molar-refractivity contribution in [3.05, 3.63) is 60.7 Å². The van der Waals surface area contributed by atoms with E-state index < -0.39 is 11.8 Å². The van der Waals surface area contributed by atoms with E-state index in [1.165, 1.54) is 12.4 Å². The Bertz CT molecular complexity index is 767. The van der Waals surface area contributed by atoms with Crippen LogP contribution < -0.4 is 10.6 Å². The fraction of sp³-hybridized carbons (Fsp3) is 0. The van der Waals surface area contributed by atoms with E-state index in [2.05, 4.69) is 41.0 Å². The number of pyridine rings is 2. The number of hydrogen-bond acceptors (Lipinski definition) is 8. The third-order valence-electron chi connectivity index (χ3n) is 2.72. The largest absolute Gasteiger partial charge is 0.318 e. The summed E-state index contributed by atoms with van der Waals surface area (Å²) < 4.78 is 0. The molecule has 3 heterocycles. The molecule has 10 nitrogen and oxygen atoms in total. The second-order valence-electron chi connectivity index (χ2n) is 4.44. The zero-order valence-corrected chi connectivity index (χ0v) is 12.1. The van der Waals surface area contributed by atoms with Crippen LogP contribution in [0.5, 0.6) is 0 Å². The molecule has 3 rings (SSSR count). The summed E-state index contributed by atoms with van der Waals surface area (Å²) in [5, 5.41) is 19.5. The lowest BCUT2D eigenvalue weighted by Crippen LogP contribution is -2.22. The molecule has 0 aliphatic carbocycles. The van der Waals surface area contributed by atoms with Gasteiger partial charge in [0, 0.05) is 12.4 Å². The van der Waals surface area contributed by atoms with Crippen molar-refractivity contribution in [1.29, 1.82) is 0 Å². The molecule has 0 radical (unpaired) electrons. The van der Waals surface area contributed by atoms with Gasteiger partial charge in [0.1, 0.15) is 0 Å². The Hall–Kier alpha value is -3.82. The van der Waals surface area contributed by atoms with Crippen LogP contribution in [0.4, 0.5) is 11.4 Å². The number of anilines is 2. The monoisotopic (exact) mass is 322 g/mol. The van der Waals surface area contributed by atoms with Crippen LogP contribution >= 0.6 is 0 Å². The number of rotatable bonds is 4. The Kier molecular flexibility index (Phi) is 4.38. The number of nitrogens with one attached hydrogen (secondary N) is 2. The third kappa shape index (κ3) is 3.68. The molecule has 2 amide bonds. The van der Waals surface area contributed by atoms with Crippen molar-refractivity contribution in [2.45, 2.75) is 0 Å². The van der Waals surface area contributed by atoms with Crippen molar-refractivity contribution in [3.8, 4) is 0 Å². The zero-order valence-electron chi connectivity index (χ0n) is 12.1. The number of nitrogens with zero attached hydrogens (tertiary/aromatic N) is 6. The van der Waals surface area contributed by atoms with Gasteiger partial charge in [-0.3, -0.25) is 19.6 Å². The molecule has 118 valence electrons. The second-order valence-corrected chi connectivity index (χ2v) is 4.44. The van der Waals surface area contributed by atoms with E-state index in [4.69, 9.17) is 0 Å². The maximum Gasteiger partial charge on any atom is 0.297 e. The topological polar surface area (TPSA) is 136 Å². The lowest BCUT2D eigenvalue weighted by molar-refractivity contribution is 0.0990.